The summed E-state index contributed by atoms with van der Waals surface area (Å²) < 4.78 is 31.8. The summed E-state index contributed by atoms with van der Waals surface area (Å²) in [6.07, 6.45) is 0. The molecule has 0 unspecified atom stereocenters. The van der Waals surface area contributed by atoms with Crippen LogP contribution in [0.5, 0.6) is 0 Å². The van der Waals surface area contributed by atoms with E-state index in [1.165, 1.54) is 22.5 Å². The van der Waals surface area contributed by atoms with Gasteiger partial charge in [-0.15, -0.1) is 0 Å². The predicted octanol–water partition coefficient (Wildman–Crippen LogP) is 1.64. The zero-order valence-corrected chi connectivity index (χ0v) is 16.1. The number of sulfonamides is 1. The molecule has 1 N–H and O–H groups in total. The molecule has 1 heterocycles. The van der Waals surface area contributed by atoms with Crippen LogP contribution >= 0.6 is 11.6 Å². The van der Waals surface area contributed by atoms with E-state index >= 15 is 0 Å². The van der Waals surface area contributed by atoms with E-state index < -0.39 is 10.0 Å². The molecule has 0 atom stereocenters. The van der Waals surface area contributed by atoms with Crippen molar-refractivity contribution in [1.82, 2.24) is 9.21 Å². The van der Waals surface area contributed by atoms with Gasteiger partial charge in [-0.25, -0.2) is 8.42 Å². The van der Waals surface area contributed by atoms with Gasteiger partial charge in [0.15, 0.2) is 0 Å². The molecule has 1 saturated heterocycles. The Morgan fingerprint density at radius 3 is 2.52 bits per heavy atom. The first-order chi connectivity index (χ1) is 11.9. The van der Waals surface area contributed by atoms with Crippen molar-refractivity contribution >= 4 is 33.2 Å². The average Bonchev–Trinajstić information content (AvgIpc) is 2.58. The Morgan fingerprint density at radius 2 is 1.92 bits per heavy atom. The zero-order chi connectivity index (χ0) is 18.4. The Labute approximate surface area is 153 Å². The summed E-state index contributed by atoms with van der Waals surface area (Å²) in [5, 5.41) is 3.01. The molecular weight excluding hydrogens is 366 g/mol. The molecule has 25 heavy (non-hydrogen) atoms. The first-order valence-electron chi connectivity index (χ1n) is 8.28. The van der Waals surface area contributed by atoms with Crippen LogP contribution in [0.3, 0.4) is 0 Å². The fraction of sp³-hybridized carbons (Fsp3) is 0.562. The van der Waals surface area contributed by atoms with Gasteiger partial charge in [0.1, 0.15) is 0 Å². The monoisotopic (exact) mass is 389 g/mol. The third-order valence-corrected chi connectivity index (χ3v) is 6.40. The van der Waals surface area contributed by atoms with Gasteiger partial charge in [0.05, 0.1) is 35.4 Å². The molecule has 0 spiro atoms. The standard InChI is InChI=1S/C16H24ClN3O4S/c1-3-20(4-2)25(22,23)13-5-6-14(17)15(11-13)18-16(21)12-19-7-9-24-10-8-19/h5-6,11H,3-4,7-10,12H2,1-2H3,(H,18,21). The zero-order valence-electron chi connectivity index (χ0n) is 14.5. The first-order valence-corrected chi connectivity index (χ1v) is 10.1. The number of benzene rings is 1. The van der Waals surface area contributed by atoms with Crippen molar-refractivity contribution < 1.29 is 17.9 Å². The summed E-state index contributed by atoms with van der Waals surface area (Å²) in [5.74, 6) is -0.235. The summed E-state index contributed by atoms with van der Waals surface area (Å²) in [7, 11) is -3.61. The first kappa shape index (κ1) is 20.1. The molecular formula is C16H24ClN3O4S. The SMILES string of the molecule is CCN(CC)S(=O)(=O)c1ccc(Cl)c(NC(=O)CN2CCOCC2)c1. The Morgan fingerprint density at radius 1 is 1.28 bits per heavy atom. The van der Waals surface area contributed by atoms with Gasteiger partial charge in [0, 0.05) is 26.2 Å². The maximum Gasteiger partial charge on any atom is 0.243 e. The molecule has 0 aromatic heterocycles. The van der Waals surface area contributed by atoms with Crippen LogP contribution in [0.15, 0.2) is 23.1 Å². The van der Waals surface area contributed by atoms with E-state index in [-0.39, 0.29) is 17.3 Å². The number of rotatable bonds is 7. The Kier molecular flexibility index (Phi) is 7.21. The van der Waals surface area contributed by atoms with Gasteiger partial charge < -0.3 is 10.1 Å². The van der Waals surface area contributed by atoms with Crippen molar-refractivity contribution in [2.24, 2.45) is 0 Å². The van der Waals surface area contributed by atoms with Gasteiger partial charge in [-0.3, -0.25) is 9.69 Å². The van der Waals surface area contributed by atoms with Crippen LogP contribution in [0.4, 0.5) is 5.69 Å². The second-order valence-corrected chi connectivity index (χ2v) is 8.01. The molecule has 140 valence electrons. The van der Waals surface area contributed by atoms with E-state index in [1.54, 1.807) is 13.8 Å². The Bertz CT molecular complexity index is 701. The van der Waals surface area contributed by atoms with E-state index in [0.717, 1.165) is 0 Å². The van der Waals surface area contributed by atoms with E-state index in [4.69, 9.17) is 16.3 Å². The van der Waals surface area contributed by atoms with E-state index in [9.17, 15) is 13.2 Å². The minimum atomic E-state index is -3.61. The minimum Gasteiger partial charge on any atom is -0.379 e. The predicted molar refractivity (Wildman–Crippen MR) is 97.4 cm³/mol. The van der Waals surface area contributed by atoms with Crippen molar-refractivity contribution in [3.63, 3.8) is 0 Å². The Hall–Kier alpha value is -1.19. The third kappa shape index (κ3) is 5.15. The van der Waals surface area contributed by atoms with Gasteiger partial charge in [0.25, 0.3) is 0 Å². The highest BCUT2D eigenvalue weighted by Crippen LogP contribution is 2.27. The quantitative estimate of drug-likeness (QED) is 0.767. The maximum absolute atomic E-state index is 12.6. The number of halogens is 1. The number of hydrogen-bond donors (Lipinski definition) is 1. The van der Waals surface area contributed by atoms with Crippen LogP contribution in [-0.2, 0) is 19.6 Å². The molecule has 1 fully saturated rings. The van der Waals surface area contributed by atoms with Gasteiger partial charge in [-0.2, -0.15) is 4.31 Å². The number of hydrogen-bond acceptors (Lipinski definition) is 5. The van der Waals surface area contributed by atoms with E-state index in [2.05, 4.69) is 5.32 Å². The molecule has 1 aromatic carbocycles. The number of carbonyl (C=O) groups is 1. The minimum absolute atomic E-state index is 0.113. The largest absolute Gasteiger partial charge is 0.379 e. The van der Waals surface area contributed by atoms with Crippen molar-refractivity contribution in [3.8, 4) is 0 Å². The average molecular weight is 390 g/mol. The second kappa shape index (κ2) is 8.95. The van der Waals surface area contributed by atoms with Crippen molar-refractivity contribution in [2.75, 3.05) is 51.3 Å². The van der Waals surface area contributed by atoms with Gasteiger partial charge in [-0.1, -0.05) is 25.4 Å². The number of nitrogens with one attached hydrogen (secondary N) is 1. The molecule has 0 bridgehead atoms. The molecule has 0 aliphatic carbocycles. The normalized spacial score (nSPS) is 16.2. The van der Waals surface area contributed by atoms with E-state index in [0.29, 0.717) is 50.1 Å². The van der Waals surface area contributed by atoms with Crippen LogP contribution in [0.1, 0.15) is 13.8 Å². The number of anilines is 1. The van der Waals surface area contributed by atoms with Crippen molar-refractivity contribution in [2.45, 2.75) is 18.7 Å². The number of morpholine rings is 1. The van der Waals surface area contributed by atoms with Crippen LogP contribution in [0, 0.1) is 0 Å². The third-order valence-electron chi connectivity index (χ3n) is 4.03. The fourth-order valence-electron chi connectivity index (χ4n) is 2.63. The van der Waals surface area contributed by atoms with Crippen LogP contribution in [0.25, 0.3) is 0 Å². The molecule has 1 aliphatic heterocycles. The number of nitrogens with zero attached hydrogens (tertiary/aromatic N) is 2. The smallest absolute Gasteiger partial charge is 0.243 e. The van der Waals surface area contributed by atoms with Gasteiger partial charge in [0.2, 0.25) is 15.9 Å². The number of ether oxygens (including phenoxy) is 1. The van der Waals surface area contributed by atoms with Crippen LogP contribution in [-0.4, -0.2) is 69.5 Å². The second-order valence-electron chi connectivity index (χ2n) is 5.67. The Balaban J connectivity index is 2.14. The maximum atomic E-state index is 12.6. The lowest BCUT2D eigenvalue weighted by Gasteiger charge is -2.26. The highest BCUT2D eigenvalue weighted by Gasteiger charge is 2.23. The lowest BCUT2D eigenvalue weighted by molar-refractivity contribution is -0.118. The molecule has 1 amide bonds. The number of amides is 1. The molecule has 9 heteroatoms. The summed E-state index contributed by atoms with van der Waals surface area (Å²) >= 11 is 6.12. The molecule has 1 aliphatic rings. The summed E-state index contributed by atoms with van der Waals surface area (Å²) in [6.45, 7) is 7.11. The van der Waals surface area contributed by atoms with E-state index in [1.807, 2.05) is 4.90 Å². The van der Waals surface area contributed by atoms with Gasteiger partial charge >= 0.3 is 0 Å². The topological polar surface area (TPSA) is 79.0 Å². The highest BCUT2D eigenvalue weighted by molar-refractivity contribution is 7.89. The summed E-state index contributed by atoms with van der Waals surface area (Å²) in [6, 6.07) is 4.35. The molecule has 1 aromatic rings. The lowest BCUT2D eigenvalue weighted by atomic mass is 10.3. The lowest BCUT2D eigenvalue weighted by Crippen LogP contribution is -2.41. The van der Waals surface area contributed by atoms with Crippen LogP contribution < -0.4 is 5.32 Å². The molecule has 0 saturated carbocycles. The van der Waals surface area contributed by atoms with Crippen LogP contribution in [0.2, 0.25) is 5.02 Å². The molecule has 0 radical (unpaired) electrons. The molecule has 7 nitrogen and oxygen atoms in total. The summed E-state index contributed by atoms with van der Waals surface area (Å²) in [5.41, 5.74) is 0.299. The number of carbonyl (C=O) groups excluding carboxylic acids is 1. The van der Waals surface area contributed by atoms with Crippen molar-refractivity contribution in [1.29, 1.82) is 0 Å². The summed E-state index contributed by atoms with van der Waals surface area (Å²) in [4.78, 5) is 14.3. The highest BCUT2D eigenvalue weighted by atomic mass is 35.5. The fourth-order valence-corrected chi connectivity index (χ4v) is 4.27. The van der Waals surface area contributed by atoms with Crippen molar-refractivity contribution in [3.05, 3.63) is 23.2 Å². The van der Waals surface area contributed by atoms with Gasteiger partial charge in [-0.05, 0) is 18.2 Å². The molecule has 2 rings (SSSR count).